The van der Waals surface area contributed by atoms with Crippen molar-refractivity contribution < 1.29 is 4.74 Å². The standard InChI is InChI=1S/C23H18Br2O/c1-26-14-17-12-13-20(23(24)25)22-19-9-5-3-7-16(19)11-10-15-6-2-4-8-18(15)21(17)22/h2-13,23H,14H2,1H3/b11-10-,15-10?,16-11?,21-18?,22-19?. The number of fused-ring (bicyclic) bond motifs is 5. The second-order valence-electron chi connectivity index (χ2n) is 6.31. The predicted octanol–water partition coefficient (Wildman–Crippen LogP) is 7.44. The number of rotatable bonds is 3. The van der Waals surface area contributed by atoms with Crippen LogP contribution in [0, 0.1) is 0 Å². The van der Waals surface area contributed by atoms with Crippen molar-refractivity contribution in [3.8, 4) is 22.3 Å². The van der Waals surface area contributed by atoms with E-state index in [1.807, 2.05) is 0 Å². The molecule has 0 heterocycles. The molecule has 26 heavy (non-hydrogen) atoms. The Morgan fingerprint density at radius 2 is 1.35 bits per heavy atom. The fraction of sp³-hybridized carbons (Fsp3) is 0.130. The van der Waals surface area contributed by atoms with E-state index in [0.717, 1.165) is 0 Å². The van der Waals surface area contributed by atoms with E-state index >= 15 is 0 Å². The highest BCUT2D eigenvalue weighted by Gasteiger charge is 2.23. The van der Waals surface area contributed by atoms with Gasteiger partial charge >= 0.3 is 0 Å². The summed E-state index contributed by atoms with van der Waals surface area (Å²) >= 11 is 7.46. The Hall–Kier alpha value is -1.68. The lowest BCUT2D eigenvalue weighted by molar-refractivity contribution is 0.185. The van der Waals surface area contributed by atoms with E-state index in [0.29, 0.717) is 6.61 Å². The summed E-state index contributed by atoms with van der Waals surface area (Å²) in [6.45, 7) is 0.581. The molecule has 0 aliphatic heterocycles. The molecule has 4 rings (SSSR count). The van der Waals surface area contributed by atoms with E-state index in [2.05, 4.69) is 105 Å². The van der Waals surface area contributed by atoms with Gasteiger partial charge in [-0.3, -0.25) is 0 Å². The van der Waals surface area contributed by atoms with Gasteiger partial charge < -0.3 is 4.74 Å². The largest absolute Gasteiger partial charge is 0.380 e. The molecule has 1 nitrogen and oxygen atoms in total. The van der Waals surface area contributed by atoms with Crippen LogP contribution in [-0.2, 0) is 11.3 Å². The highest BCUT2D eigenvalue weighted by Crippen LogP contribution is 2.47. The van der Waals surface area contributed by atoms with E-state index in [9.17, 15) is 0 Å². The Morgan fingerprint density at radius 1 is 0.769 bits per heavy atom. The van der Waals surface area contributed by atoms with Crippen LogP contribution in [0.4, 0.5) is 0 Å². The molecule has 0 saturated carbocycles. The van der Waals surface area contributed by atoms with Crippen LogP contribution < -0.4 is 0 Å². The molecule has 0 saturated heterocycles. The molecule has 3 aromatic carbocycles. The quantitative estimate of drug-likeness (QED) is 0.283. The zero-order valence-electron chi connectivity index (χ0n) is 14.4. The number of benzene rings is 3. The molecule has 0 bridgehead atoms. The lowest BCUT2D eigenvalue weighted by Crippen LogP contribution is -2.02. The molecule has 1 aliphatic rings. The molecular formula is C23H18Br2O. The first-order valence-corrected chi connectivity index (χ1v) is 10.3. The van der Waals surface area contributed by atoms with Gasteiger partial charge in [-0.05, 0) is 44.5 Å². The van der Waals surface area contributed by atoms with Crippen molar-refractivity contribution in [1.29, 1.82) is 0 Å². The SMILES string of the molecule is COCc1ccc(C(Br)Br)c2c1-c1ccccc1/C=C\c1ccccc1-2. The van der Waals surface area contributed by atoms with Gasteiger partial charge in [-0.15, -0.1) is 0 Å². The van der Waals surface area contributed by atoms with Gasteiger partial charge in [0.25, 0.3) is 0 Å². The summed E-state index contributed by atoms with van der Waals surface area (Å²) in [5.41, 5.74) is 9.85. The van der Waals surface area contributed by atoms with Crippen LogP contribution in [0.2, 0.25) is 0 Å². The molecule has 3 heteroatoms. The molecule has 0 unspecified atom stereocenters. The smallest absolute Gasteiger partial charge is 0.0952 e. The monoisotopic (exact) mass is 468 g/mol. The van der Waals surface area contributed by atoms with Crippen LogP contribution in [0.5, 0.6) is 0 Å². The fourth-order valence-electron chi connectivity index (χ4n) is 3.64. The highest BCUT2D eigenvalue weighted by atomic mass is 79.9. The Labute approximate surface area is 171 Å². The van der Waals surface area contributed by atoms with Crippen molar-refractivity contribution >= 4 is 44.0 Å². The van der Waals surface area contributed by atoms with Crippen LogP contribution in [0.3, 0.4) is 0 Å². The minimum Gasteiger partial charge on any atom is -0.380 e. The van der Waals surface area contributed by atoms with E-state index in [4.69, 9.17) is 4.74 Å². The van der Waals surface area contributed by atoms with E-state index in [-0.39, 0.29) is 3.74 Å². The van der Waals surface area contributed by atoms with Crippen LogP contribution in [0.15, 0.2) is 60.7 Å². The van der Waals surface area contributed by atoms with Crippen molar-refractivity contribution in [3.63, 3.8) is 0 Å². The molecule has 0 aromatic heterocycles. The highest BCUT2D eigenvalue weighted by molar-refractivity contribution is 9.24. The minimum absolute atomic E-state index is 0.0731. The third-order valence-electron chi connectivity index (χ3n) is 4.76. The normalized spacial score (nSPS) is 13.4. The van der Waals surface area contributed by atoms with E-state index in [1.165, 1.54) is 44.5 Å². The third kappa shape index (κ3) is 3.09. The van der Waals surface area contributed by atoms with Gasteiger partial charge in [0.05, 0.1) is 10.3 Å². The van der Waals surface area contributed by atoms with Crippen LogP contribution in [0.1, 0.15) is 26.0 Å². The maximum Gasteiger partial charge on any atom is 0.0952 e. The first kappa shape index (κ1) is 17.7. The lowest BCUT2D eigenvalue weighted by Gasteiger charge is -2.24. The average Bonchev–Trinajstić information content (AvgIpc) is 2.65. The minimum atomic E-state index is 0.0731. The number of alkyl halides is 2. The zero-order valence-corrected chi connectivity index (χ0v) is 17.5. The maximum absolute atomic E-state index is 5.53. The van der Waals surface area contributed by atoms with Crippen molar-refractivity contribution in [1.82, 2.24) is 0 Å². The molecule has 0 spiro atoms. The van der Waals surface area contributed by atoms with E-state index < -0.39 is 0 Å². The van der Waals surface area contributed by atoms with Crippen molar-refractivity contribution in [2.24, 2.45) is 0 Å². The molecule has 0 radical (unpaired) electrons. The Morgan fingerprint density at radius 3 is 1.92 bits per heavy atom. The van der Waals surface area contributed by atoms with Crippen LogP contribution in [-0.4, -0.2) is 7.11 Å². The summed E-state index contributed by atoms with van der Waals surface area (Å²) in [7, 11) is 1.75. The molecule has 130 valence electrons. The summed E-state index contributed by atoms with van der Waals surface area (Å²) in [4.78, 5) is 0. The van der Waals surface area contributed by atoms with Crippen LogP contribution >= 0.6 is 31.9 Å². The summed E-state index contributed by atoms with van der Waals surface area (Å²) in [5.74, 6) is 0. The summed E-state index contributed by atoms with van der Waals surface area (Å²) in [6, 6.07) is 21.5. The molecule has 3 aromatic rings. The fourth-order valence-corrected chi connectivity index (χ4v) is 4.40. The summed E-state index contributed by atoms with van der Waals surface area (Å²) in [5, 5.41) is 0. The van der Waals surface area contributed by atoms with Crippen LogP contribution in [0.25, 0.3) is 34.4 Å². The van der Waals surface area contributed by atoms with Gasteiger partial charge in [-0.1, -0.05) is 105 Å². The lowest BCUT2D eigenvalue weighted by atomic mass is 9.82. The van der Waals surface area contributed by atoms with Gasteiger partial charge in [-0.25, -0.2) is 0 Å². The van der Waals surface area contributed by atoms with Gasteiger partial charge in [-0.2, -0.15) is 0 Å². The summed E-state index contributed by atoms with van der Waals surface area (Å²) in [6.07, 6.45) is 4.42. The molecule has 0 fully saturated rings. The van der Waals surface area contributed by atoms with Gasteiger partial charge in [0.15, 0.2) is 0 Å². The molecule has 0 atom stereocenters. The first-order valence-electron chi connectivity index (χ1n) is 8.50. The van der Waals surface area contributed by atoms with E-state index in [1.54, 1.807) is 7.11 Å². The molecule has 0 N–H and O–H groups in total. The number of ether oxygens (including phenoxy) is 1. The topological polar surface area (TPSA) is 9.23 Å². The second-order valence-corrected chi connectivity index (χ2v) is 9.37. The molecular weight excluding hydrogens is 452 g/mol. The van der Waals surface area contributed by atoms with Crippen molar-refractivity contribution in [2.75, 3.05) is 7.11 Å². The second kappa shape index (κ2) is 7.51. The van der Waals surface area contributed by atoms with Gasteiger partial charge in [0.2, 0.25) is 0 Å². The predicted molar refractivity (Wildman–Crippen MR) is 118 cm³/mol. The summed E-state index contributed by atoms with van der Waals surface area (Å²) < 4.78 is 5.60. The van der Waals surface area contributed by atoms with Gasteiger partial charge in [0.1, 0.15) is 0 Å². The van der Waals surface area contributed by atoms with Crippen molar-refractivity contribution in [3.05, 3.63) is 82.9 Å². The number of halogens is 2. The average molecular weight is 470 g/mol. The first-order chi connectivity index (χ1) is 12.7. The third-order valence-corrected chi connectivity index (χ3v) is 5.75. The zero-order chi connectivity index (χ0) is 18.1. The number of hydrogen-bond donors (Lipinski definition) is 0. The Balaban J connectivity index is 2.18. The molecule has 0 amide bonds. The Kier molecular flexibility index (Phi) is 5.12. The number of hydrogen-bond acceptors (Lipinski definition) is 1. The maximum atomic E-state index is 5.53. The number of methoxy groups -OCH3 is 1. The van der Waals surface area contributed by atoms with Crippen molar-refractivity contribution in [2.45, 2.75) is 10.3 Å². The Bertz CT molecular complexity index is 989. The molecule has 1 aliphatic carbocycles. The van der Waals surface area contributed by atoms with Gasteiger partial charge in [0, 0.05) is 7.11 Å².